The molecule has 4 rings (SSSR count). The molecule has 0 saturated carbocycles. The molecule has 0 unspecified atom stereocenters. The van der Waals surface area contributed by atoms with Crippen molar-refractivity contribution in [2.24, 2.45) is 0 Å². The first-order chi connectivity index (χ1) is 11.2. The molecule has 0 nitrogen and oxygen atoms in total. The van der Waals surface area contributed by atoms with E-state index in [2.05, 4.69) is 87.5 Å². The number of fused-ring (bicyclic) bond motifs is 2. The summed E-state index contributed by atoms with van der Waals surface area (Å²) < 4.78 is 0. The van der Waals surface area contributed by atoms with Gasteiger partial charge in [-0.3, -0.25) is 0 Å². The average molecular weight is 296 g/mol. The minimum atomic E-state index is 1.31. The van der Waals surface area contributed by atoms with Gasteiger partial charge in [0.15, 0.2) is 0 Å². The third kappa shape index (κ3) is 2.14. The Morgan fingerprint density at radius 3 is 1.91 bits per heavy atom. The van der Waals surface area contributed by atoms with E-state index in [0.717, 1.165) is 0 Å². The first kappa shape index (κ1) is 14.0. The highest BCUT2D eigenvalue weighted by Gasteiger charge is 2.13. The molecule has 0 saturated heterocycles. The van der Waals surface area contributed by atoms with Crippen LogP contribution in [0.2, 0.25) is 0 Å². The van der Waals surface area contributed by atoms with Gasteiger partial charge in [-0.05, 0) is 70.1 Å². The van der Waals surface area contributed by atoms with Gasteiger partial charge < -0.3 is 0 Å². The molecule has 0 heteroatoms. The Morgan fingerprint density at radius 1 is 0.565 bits per heavy atom. The van der Waals surface area contributed by atoms with Crippen LogP contribution in [-0.2, 0) is 0 Å². The Balaban J connectivity index is 2.08. The molecule has 0 aromatic heterocycles. The van der Waals surface area contributed by atoms with E-state index in [1.807, 2.05) is 0 Å². The van der Waals surface area contributed by atoms with Crippen molar-refractivity contribution < 1.29 is 0 Å². The minimum Gasteiger partial charge on any atom is -0.0616 e. The van der Waals surface area contributed by atoms with E-state index in [-0.39, 0.29) is 0 Å². The molecule has 0 spiro atoms. The van der Waals surface area contributed by atoms with Crippen LogP contribution in [0.5, 0.6) is 0 Å². The van der Waals surface area contributed by atoms with Gasteiger partial charge in [0.1, 0.15) is 0 Å². The van der Waals surface area contributed by atoms with Crippen LogP contribution in [-0.4, -0.2) is 0 Å². The second-order valence-corrected chi connectivity index (χ2v) is 6.37. The number of benzene rings is 4. The maximum atomic E-state index is 2.31. The predicted octanol–water partition coefficient (Wildman–Crippen LogP) is 6.59. The summed E-state index contributed by atoms with van der Waals surface area (Å²) in [4.78, 5) is 0. The van der Waals surface area contributed by atoms with Crippen LogP contribution in [0.15, 0.2) is 66.7 Å². The molecule has 0 radical (unpaired) electrons. The summed E-state index contributed by atoms with van der Waals surface area (Å²) in [5.41, 5.74) is 6.82. The van der Waals surface area contributed by atoms with E-state index in [1.54, 1.807) is 0 Å². The molecule has 0 bridgehead atoms. The molecule has 0 N–H and O–H groups in total. The van der Waals surface area contributed by atoms with Gasteiger partial charge in [-0.2, -0.15) is 0 Å². The van der Waals surface area contributed by atoms with Crippen LogP contribution in [0.1, 0.15) is 16.7 Å². The molecule has 4 aromatic carbocycles. The first-order valence-corrected chi connectivity index (χ1v) is 8.14. The monoisotopic (exact) mass is 296 g/mol. The van der Waals surface area contributed by atoms with Crippen LogP contribution in [0, 0.1) is 20.8 Å². The second-order valence-electron chi connectivity index (χ2n) is 6.37. The van der Waals surface area contributed by atoms with Gasteiger partial charge in [-0.1, -0.05) is 66.7 Å². The molecule has 23 heavy (non-hydrogen) atoms. The maximum Gasteiger partial charge on any atom is -0.0116 e. The number of aryl methyl sites for hydroxylation is 3. The van der Waals surface area contributed by atoms with E-state index in [4.69, 9.17) is 0 Å². The number of rotatable bonds is 1. The normalized spacial score (nSPS) is 11.3. The molecule has 0 aliphatic heterocycles. The standard InChI is InChI=1S/C23H20/c1-15-14-19-9-5-7-11-21(19)17(3)23(15)22-13-12-18-8-4-6-10-20(18)16(22)2/h4-14H,1-3H3. The Kier molecular flexibility index (Phi) is 3.20. The molecule has 0 amide bonds. The van der Waals surface area contributed by atoms with Crippen molar-refractivity contribution in [1.82, 2.24) is 0 Å². The Bertz CT molecular complexity index is 1040. The molecule has 0 aliphatic carbocycles. The first-order valence-electron chi connectivity index (χ1n) is 8.14. The quantitative estimate of drug-likeness (QED) is 0.372. The van der Waals surface area contributed by atoms with Gasteiger partial charge >= 0.3 is 0 Å². The van der Waals surface area contributed by atoms with Crippen molar-refractivity contribution in [3.63, 3.8) is 0 Å². The van der Waals surface area contributed by atoms with E-state index in [0.29, 0.717) is 0 Å². The summed E-state index contributed by atoms with van der Waals surface area (Å²) in [5.74, 6) is 0. The zero-order valence-corrected chi connectivity index (χ0v) is 13.9. The fourth-order valence-electron chi connectivity index (χ4n) is 3.81. The molecule has 0 fully saturated rings. The van der Waals surface area contributed by atoms with Gasteiger partial charge in [0.05, 0.1) is 0 Å². The molecule has 112 valence electrons. The number of hydrogen-bond donors (Lipinski definition) is 0. The van der Waals surface area contributed by atoms with Gasteiger partial charge in [0.2, 0.25) is 0 Å². The topological polar surface area (TPSA) is 0 Å². The van der Waals surface area contributed by atoms with Crippen molar-refractivity contribution >= 4 is 21.5 Å². The number of hydrogen-bond acceptors (Lipinski definition) is 0. The lowest BCUT2D eigenvalue weighted by Crippen LogP contribution is -1.93. The lowest BCUT2D eigenvalue weighted by atomic mass is 9.87. The van der Waals surface area contributed by atoms with Crippen LogP contribution in [0.3, 0.4) is 0 Å². The van der Waals surface area contributed by atoms with Crippen molar-refractivity contribution in [2.75, 3.05) is 0 Å². The Labute approximate surface area is 137 Å². The van der Waals surface area contributed by atoms with Gasteiger partial charge in [0, 0.05) is 0 Å². The van der Waals surface area contributed by atoms with E-state index in [1.165, 1.54) is 49.4 Å². The van der Waals surface area contributed by atoms with E-state index >= 15 is 0 Å². The summed E-state index contributed by atoms with van der Waals surface area (Å²) in [7, 11) is 0. The SMILES string of the molecule is Cc1cc2ccccc2c(C)c1-c1ccc2ccccc2c1C. The lowest BCUT2D eigenvalue weighted by molar-refractivity contribution is 1.39. The van der Waals surface area contributed by atoms with Gasteiger partial charge in [-0.15, -0.1) is 0 Å². The summed E-state index contributed by atoms with van der Waals surface area (Å²) in [5, 5.41) is 5.33. The highest BCUT2D eigenvalue weighted by Crippen LogP contribution is 2.37. The smallest absolute Gasteiger partial charge is 0.0116 e. The van der Waals surface area contributed by atoms with Crippen molar-refractivity contribution in [3.05, 3.63) is 83.4 Å². The third-order valence-corrected chi connectivity index (χ3v) is 4.97. The zero-order valence-electron chi connectivity index (χ0n) is 13.9. The summed E-state index contributed by atoms with van der Waals surface area (Å²) in [6, 6.07) is 24.1. The predicted molar refractivity (Wildman–Crippen MR) is 101 cm³/mol. The lowest BCUT2D eigenvalue weighted by Gasteiger charge is -2.17. The molecule has 0 aliphatic rings. The average Bonchev–Trinajstić information content (AvgIpc) is 2.57. The fraction of sp³-hybridized carbons (Fsp3) is 0.130. The molecular formula is C23H20. The molecule has 0 heterocycles. The summed E-state index contributed by atoms with van der Waals surface area (Å²) >= 11 is 0. The van der Waals surface area contributed by atoms with Crippen LogP contribution in [0.25, 0.3) is 32.7 Å². The van der Waals surface area contributed by atoms with E-state index in [9.17, 15) is 0 Å². The maximum absolute atomic E-state index is 2.31. The Hall–Kier alpha value is -2.60. The second kappa shape index (κ2) is 5.24. The minimum absolute atomic E-state index is 1.31. The zero-order chi connectivity index (χ0) is 16.0. The fourth-order valence-corrected chi connectivity index (χ4v) is 3.81. The van der Waals surface area contributed by atoms with Crippen molar-refractivity contribution in [1.29, 1.82) is 0 Å². The van der Waals surface area contributed by atoms with Crippen molar-refractivity contribution in [3.8, 4) is 11.1 Å². The summed E-state index contributed by atoms with van der Waals surface area (Å²) in [6.45, 7) is 6.72. The van der Waals surface area contributed by atoms with Crippen molar-refractivity contribution in [2.45, 2.75) is 20.8 Å². The molecule has 0 atom stereocenters. The van der Waals surface area contributed by atoms with Crippen LogP contribution in [0.4, 0.5) is 0 Å². The molecular weight excluding hydrogens is 276 g/mol. The van der Waals surface area contributed by atoms with Crippen LogP contribution < -0.4 is 0 Å². The van der Waals surface area contributed by atoms with E-state index < -0.39 is 0 Å². The van der Waals surface area contributed by atoms with Gasteiger partial charge in [0.25, 0.3) is 0 Å². The van der Waals surface area contributed by atoms with Crippen LogP contribution >= 0.6 is 0 Å². The highest BCUT2D eigenvalue weighted by molar-refractivity contribution is 5.97. The van der Waals surface area contributed by atoms with Gasteiger partial charge in [-0.25, -0.2) is 0 Å². The largest absolute Gasteiger partial charge is 0.0616 e. The summed E-state index contributed by atoms with van der Waals surface area (Å²) in [6.07, 6.45) is 0. The third-order valence-electron chi connectivity index (χ3n) is 4.97. The highest BCUT2D eigenvalue weighted by atomic mass is 14.2. The molecule has 4 aromatic rings. The Morgan fingerprint density at radius 2 is 1.17 bits per heavy atom.